The van der Waals surface area contributed by atoms with Gasteiger partial charge in [0.05, 0.1) is 26.4 Å². The summed E-state index contributed by atoms with van der Waals surface area (Å²) in [6.07, 6.45) is 82.5. The van der Waals surface area contributed by atoms with E-state index in [4.69, 9.17) is 37.0 Å². The number of hydrogen-bond acceptors (Lipinski definition) is 15. The average Bonchev–Trinajstić information content (AvgIpc) is 0.899. The van der Waals surface area contributed by atoms with Crippen LogP contribution in [0.1, 0.15) is 510 Å². The Morgan fingerprint density at radius 3 is 0.607 bits per heavy atom. The van der Waals surface area contributed by atoms with Gasteiger partial charge in [-0.3, -0.25) is 37.3 Å². The van der Waals surface area contributed by atoms with Crippen LogP contribution in [0.5, 0.6) is 0 Å². The summed E-state index contributed by atoms with van der Waals surface area (Å²) in [5.41, 5.74) is 0. The van der Waals surface area contributed by atoms with Crippen molar-refractivity contribution in [2.75, 3.05) is 39.6 Å². The molecule has 0 aliphatic rings. The Morgan fingerprint density at radius 1 is 0.241 bits per heavy atom. The van der Waals surface area contributed by atoms with Crippen molar-refractivity contribution in [1.29, 1.82) is 0 Å². The Labute approximate surface area is 689 Å². The molecule has 17 nitrogen and oxygen atoms in total. The molecule has 0 fully saturated rings. The highest BCUT2D eigenvalue weighted by atomic mass is 31.2. The number of aliphatic hydroxyl groups excluding tert-OH is 1. The lowest BCUT2D eigenvalue weighted by molar-refractivity contribution is -0.161. The lowest BCUT2D eigenvalue weighted by atomic mass is 10.0. The lowest BCUT2D eigenvalue weighted by Crippen LogP contribution is -2.30. The van der Waals surface area contributed by atoms with E-state index >= 15 is 0 Å². The van der Waals surface area contributed by atoms with Gasteiger partial charge in [-0.1, -0.05) is 458 Å². The van der Waals surface area contributed by atoms with Gasteiger partial charge in [0.15, 0.2) is 12.2 Å². The van der Waals surface area contributed by atoms with E-state index in [9.17, 15) is 43.2 Å². The second-order valence-corrected chi connectivity index (χ2v) is 36.8. The molecule has 19 heteroatoms. The number of unbranched alkanes of at least 4 members (excludes halogenated alkanes) is 65. The molecule has 2 unspecified atom stereocenters. The minimum atomic E-state index is -4.97. The van der Waals surface area contributed by atoms with Gasteiger partial charge < -0.3 is 33.8 Å². The van der Waals surface area contributed by atoms with Crippen molar-refractivity contribution in [3.63, 3.8) is 0 Å². The third-order valence-electron chi connectivity index (χ3n) is 22.0. The second kappa shape index (κ2) is 85.5. The summed E-state index contributed by atoms with van der Waals surface area (Å²) in [5.74, 6) is -1.28. The monoisotopic (exact) mass is 1630 g/mol. The van der Waals surface area contributed by atoms with Crippen LogP contribution in [-0.4, -0.2) is 96.7 Å². The van der Waals surface area contributed by atoms with Crippen LogP contribution in [0.4, 0.5) is 0 Å². The van der Waals surface area contributed by atoms with Crippen LogP contribution in [0.15, 0.2) is 0 Å². The average molecular weight is 1630 g/mol. The Hall–Kier alpha value is -1.94. The van der Waals surface area contributed by atoms with Crippen molar-refractivity contribution in [2.45, 2.75) is 528 Å². The molecule has 666 valence electrons. The number of rotatable bonds is 93. The van der Waals surface area contributed by atoms with Crippen LogP contribution in [0.2, 0.25) is 0 Å². The highest BCUT2D eigenvalue weighted by Crippen LogP contribution is 2.45. The largest absolute Gasteiger partial charge is 0.472 e. The molecule has 0 bridgehead atoms. The van der Waals surface area contributed by atoms with E-state index in [0.717, 1.165) is 109 Å². The number of ether oxygens (including phenoxy) is 4. The maximum atomic E-state index is 13.2. The number of phosphoric acid groups is 2. The quantitative estimate of drug-likeness (QED) is 0.0222. The molecule has 0 aromatic carbocycles. The van der Waals surface area contributed by atoms with Gasteiger partial charge in [-0.2, -0.15) is 0 Å². The Morgan fingerprint density at radius 2 is 0.411 bits per heavy atom. The van der Waals surface area contributed by atoms with E-state index in [0.29, 0.717) is 25.7 Å². The van der Waals surface area contributed by atoms with Gasteiger partial charge in [0, 0.05) is 25.7 Å². The van der Waals surface area contributed by atoms with E-state index in [2.05, 4.69) is 34.6 Å². The number of hydrogen-bond donors (Lipinski definition) is 3. The molecule has 0 aromatic heterocycles. The van der Waals surface area contributed by atoms with Gasteiger partial charge in [-0.05, 0) is 31.6 Å². The van der Waals surface area contributed by atoms with Crippen molar-refractivity contribution >= 4 is 39.5 Å². The first-order valence-corrected chi connectivity index (χ1v) is 51.1. The zero-order valence-corrected chi connectivity index (χ0v) is 75.6. The standard InChI is InChI=1S/C93H182O17P2/c1-6-9-12-15-18-20-22-24-26-28-30-32-34-36-41-45-49-53-57-62-67-72-77-91(96)104-83-89(110-93(98)79-74-69-63-58-54-50-46-42-37-35-33-31-29-27-25-23-21-19-16-13-10-7-2)85-108-112(101,102)106-81-87(94)80-105-111(99,100)107-84-88(82-103-90(95)76-71-66-60-17-14-11-8-3)109-92(97)78-73-68-64-59-55-51-47-43-39-38-40-44-48-52-56-61-65-70-75-86(4)5/h86-89,94H,6-85H2,1-5H3,(H,99,100)(H,101,102)/t87-,88+,89+/m0/s1. The fourth-order valence-corrected chi connectivity index (χ4v) is 16.3. The summed E-state index contributed by atoms with van der Waals surface area (Å²) < 4.78 is 69.0. The molecular weight excluding hydrogens is 1450 g/mol. The summed E-state index contributed by atoms with van der Waals surface area (Å²) in [6.45, 7) is 7.39. The Bertz CT molecular complexity index is 2120. The second-order valence-electron chi connectivity index (χ2n) is 33.9. The lowest BCUT2D eigenvalue weighted by Gasteiger charge is -2.21. The molecule has 3 N–H and O–H groups in total. The third kappa shape index (κ3) is 85.9. The van der Waals surface area contributed by atoms with E-state index in [1.165, 1.54) is 321 Å². The molecule has 0 aliphatic heterocycles. The molecule has 0 aliphatic carbocycles. The Balaban J connectivity index is 5.12. The van der Waals surface area contributed by atoms with Gasteiger partial charge in [0.2, 0.25) is 0 Å². The molecule has 0 heterocycles. The fraction of sp³-hybridized carbons (Fsp3) is 0.957. The minimum Gasteiger partial charge on any atom is -0.462 e. The van der Waals surface area contributed by atoms with Crippen LogP contribution in [-0.2, 0) is 65.4 Å². The van der Waals surface area contributed by atoms with Crippen LogP contribution in [0.25, 0.3) is 0 Å². The fourth-order valence-electron chi connectivity index (χ4n) is 14.7. The summed E-state index contributed by atoms with van der Waals surface area (Å²) in [5, 5.41) is 10.7. The number of aliphatic hydroxyl groups is 1. The smallest absolute Gasteiger partial charge is 0.462 e. The predicted octanol–water partition coefficient (Wildman–Crippen LogP) is 29.1. The summed E-state index contributed by atoms with van der Waals surface area (Å²) >= 11 is 0. The molecular formula is C93H182O17P2. The molecule has 0 radical (unpaired) electrons. The molecule has 0 rings (SSSR count). The highest BCUT2D eigenvalue weighted by molar-refractivity contribution is 7.47. The normalized spacial score (nSPS) is 13.7. The van der Waals surface area contributed by atoms with Gasteiger partial charge in [-0.15, -0.1) is 0 Å². The first-order valence-electron chi connectivity index (χ1n) is 48.1. The zero-order valence-electron chi connectivity index (χ0n) is 73.8. The van der Waals surface area contributed by atoms with Crippen LogP contribution in [0, 0.1) is 5.92 Å². The first-order chi connectivity index (χ1) is 54.5. The zero-order chi connectivity index (χ0) is 81.8. The van der Waals surface area contributed by atoms with E-state index in [1.807, 2.05) is 0 Å². The van der Waals surface area contributed by atoms with Crippen LogP contribution < -0.4 is 0 Å². The molecule has 0 aromatic rings. The van der Waals surface area contributed by atoms with Crippen molar-refractivity contribution < 1.29 is 80.2 Å². The van der Waals surface area contributed by atoms with Gasteiger partial charge >= 0.3 is 39.5 Å². The highest BCUT2D eigenvalue weighted by Gasteiger charge is 2.31. The topological polar surface area (TPSA) is 237 Å². The van der Waals surface area contributed by atoms with E-state index < -0.39 is 97.5 Å². The maximum Gasteiger partial charge on any atom is 0.472 e. The van der Waals surface area contributed by atoms with Gasteiger partial charge in [-0.25, -0.2) is 9.13 Å². The molecule has 0 spiro atoms. The number of phosphoric ester groups is 2. The SMILES string of the molecule is CCCCCCCCCCCCCCCCCCCCCCCCC(=O)OC[C@H](COP(=O)(O)OC[C@@H](O)COP(=O)(O)OC[C@@H](COC(=O)CCCCCCCCC)OC(=O)CCCCCCCCCCCCCCCCCCCCC(C)C)OC(=O)CCCCCCCCCCCCCCCCCCCCCCCC. The van der Waals surface area contributed by atoms with Gasteiger partial charge in [0.25, 0.3) is 0 Å². The summed E-state index contributed by atoms with van der Waals surface area (Å²) in [4.78, 5) is 73.3. The number of esters is 4. The van der Waals surface area contributed by atoms with Crippen molar-refractivity contribution in [2.24, 2.45) is 5.92 Å². The molecule has 0 amide bonds. The molecule has 0 saturated heterocycles. The maximum absolute atomic E-state index is 13.2. The van der Waals surface area contributed by atoms with Crippen molar-refractivity contribution in [1.82, 2.24) is 0 Å². The molecule has 0 saturated carbocycles. The van der Waals surface area contributed by atoms with E-state index in [-0.39, 0.29) is 25.7 Å². The van der Waals surface area contributed by atoms with Crippen LogP contribution >= 0.6 is 15.6 Å². The van der Waals surface area contributed by atoms with Gasteiger partial charge in [0.1, 0.15) is 19.3 Å². The number of carbonyl (C=O) groups excluding carboxylic acids is 4. The van der Waals surface area contributed by atoms with Crippen molar-refractivity contribution in [3.05, 3.63) is 0 Å². The van der Waals surface area contributed by atoms with Crippen molar-refractivity contribution in [3.8, 4) is 0 Å². The van der Waals surface area contributed by atoms with Crippen LogP contribution in [0.3, 0.4) is 0 Å². The Kier molecular flexibility index (Phi) is 84.0. The molecule has 5 atom stereocenters. The predicted molar refractivity (Wildman–Crippen MR) is 465 cm³/mol. The van der Waals surface area contributed by atoms with E-state index in [1.54, 1.807) is 0 Å². The first kappa shape index (κ1) is 110. The molecule has 112 heavy (non-hydrogen) atoms. The summed E-state index contributed by atoms with van der Waals surface area (Å²) in [6, 6.07) is 0. The third-order valence-corrected chi connectivity index (χ3v) is 23.9. The minimum absolute atomic E-state index is 0.109. The number of carbonyl (C=O) groups is 4. The summed E-state index contributed by atoms with van der Waals surface area (Å²) in [7, 11) is -9.93.